The third-order valence-electron chi connectivity index (χ3n) is 8.11. The van der Waals surface area contributed by atoms with Crippen LogP contribution in [0.15, 0.2) is 41.2 Å². The molecule has 4 heteroatoms. The van der Waals surface area contributed by atoms with Crippen LogP contribution < -0.4 is 10.9 Å². The average molecular weight is 414 g/mol. The molecule has 3 aromatic rings. The molecule has 0 unspecified atom stereocenters. The largest absolute Gasteiger partial charge is 0.317 e. The minimum atomic E-state index is -0.101. The number of hydrogen-bond acceptors (Lipinski definition) is 3. The highest BCUT2D eigenvalue weighted by atomic mass is 16.1. The molecule has 6 rings (SSSR count). The van der Waals surface area contributed by atoms with Gasteiger partial charge in [0.2, 0.25) is 0 Å². The van der Waals surface area contributed by atoms with E-state index >= 15 is 0 Å². The topological polar surface area (TPSA) is 46.9 Å². The highest BCUT2D eigenvalue weighted by Crippen LogP contribution is 2.52. The Morgan fingerprint density at radius 1 is 1.10 bits per heavy atom. The van der Waals surface area contributed by atoms with Crippen molar-refractivity contribution in [1.29, 1.82) is 0 Å². The summed E-state index contributed by atoms with van der Waals surface area (Å²) in [6.07, 6.45) is 9.12. The molecule has 0 atom stereocenters. The highest BCUT2D eigenvalue weighted by Gasteiger charge is 2.46. The SMILES string of the molecule is CCc1cccc2c1c(=O)nc1n2-c2cc(C3CCNCC3)ccc2C12CCCCC2. The van der Waals surface area contributed by atoms with Gasteiger partial charge in [-0.15, -0.1) is 0 Å². The van der Waals surface area contributed by atoms with E-state index in [0.717, 1.165) is 54.6 Å². The summed E-state index contributed by atoms with van der Waals surface area (Å²) < 4.78 is 2.36. The molecular formula is C27H31N3O. The molecule has 160 valence electrons. The van der Waals surface area contributed by atoms with Crippen LogP contribution in [0.4, 0.5) is 0 Å². The fourth-order valence-electron chi connectivity index (χ4n) is 6.51. The Morgan fingerprint density at radius 2 is 1.90 bits per heavy atom. The van der Waals surface area contributed by atoms with Crippen molar-refractivity contribution in [1.82, 2.24) is 14.9 Å². The monoisotopic (exact) mass is 413 g/mol. The summed E-state index contributed by atoms with van der Waals surface area (Å²) in [6, 6.07) is 13.5. The molecule has 1 N–H and O–H groups in total. The number of piperidine rings is 1. The third-order valence-corrected chi connectivity index (χ3v) is 8.11. The number of benzene rings is 2. The predicted molar refractivity (Wildman–Crippen MR) is 125 cm³/mol. The second-order valence-corrected chi connectivity index (χ2v) is 9.68. The maximum atomic E-state index is 13.3. The molecule has 1 saturated heterocycles. The van der Waals surface area contributed by atoms with Gasteiger partial charge in [0.05, 0.1) is 22.0 Å². The molecule has 1 aliphatic carbocycles. The van der Waals surface area contributed by atoms with E-state index in [1.807, 2.05) is 0 Å². The molecule has 2 fully saturated rings. The summed E-state index contributed by atoms with van der Waals surface area (Å²) in [6.45, 7) is 4.32. The van der Waals surface area contributed by atoms with Crippen LogP contribution in [0, 0.1) is 0 Å². The molecule has 0 radical (unpaired) electrons. The number of hydrogen-bond donors (Lipinski definition) is 1. The first kappa shape index (κ1) is 19.2. The van der Waals surface area contributed by atoms with Gasteiger partial charge in [0.1, 0.15) is 5.82 Å². The zero-order valence-corrected chi connectivity index (χ0v) is 18.4. The third kappa shape index (κ3) is 2.77. The lowest BCUT2D eigenvalue weighted by atomic mass is 9.69. The Bertz CT molecular complexity index is 1210. The van der Waals surface area contributed by atoms with Gasteiger partial charge < -0.3 is 5.32 Å². The summed E-state index contributed by atoms with van der Waals surface area (Å²) in [4.78, 5) is 18.1. The predicted octanol–water partition coefficient (Wildman–Crippen LogP) is 4.98. The van der Waals surface area contributed by atoms with E-state index < -0.39 is 0 Å². The normalized spacial score (nSPS) is 20.2. The van der Waals surface area contributed by atoms with Crippen LogP contribution in [0.2, 0.25) is 0 Å². The quantitative estimate of drug-likeness (QED) is 0.645. The number of aryl methyl sites for hydroxylation is 1. The number of aromatic nitrogens is 2. The van der Waals surface area contributed by atoms with Crippen molar-refractivity contribution >= 4 is 10.9 Å². The van der Waals surface area contributed by atoms with E-state index in [1.165, 1.54) is 48.9 Å². The van der Waals surface area contributed by atoms with Gasteiger partial charge in [-0.2, -0.15) is 4.98 Å². The van der Waals surface area contributed by atoms with Crippen LogP contribution in [0.1, 0.15) is 80.3 Å². The molecule has 2 aromatic carbocycles. The fourth-order valence-corrected chi connectivity index (χ4v) is 6.51. The molecule has 2 aliphatic heterocycles. The van der Waals surface area contributed by atoms with Crippen LogP contribution in [0.5, 0.6) is 0 Å². The minimum absolute atomic E-state index is 0.0463. The van der Waals surface area contributed by atoms with Crippen molar-refractivity contribution in [3.05, 3.63) is 69.3 Å². The molecule has 4 nitrogen and oxygen atoms in total. The Kier molecular flexibility index (Phi) is 4.53. The summed E-state index contributed by atoms with van der Waals surface area (Å²) in [5.41, 5.74) is 6.11. The van der Waals surface area contributed by atoms with E-state index in [-0.39, 0.29) is 11.0 Å². The Hall–Kier alpha value is -2.46. The second kappa shape index (κ2) is 7.30. The van der Waals surface area contributed by atoms with Gasteiger partial charge in [-0.1, -0.05) is 50.5 Å². The lowest BCUT2D eigenvalue weighted by Crippen LogP contribution is -2.32. The van der Waals surface area contributed by atoms with Gasteiger partial charge in [-0.05, 0) is 79.9 Å². The van der Waals surface area contributed by atoms with Crippen molar-refractivity contribution in [2.24, 2.45) is 0 Å². The van der Waals surface area contributed by atoms with Crippen LogP contribution in [-0.4, -0.2) is 22.6 Å². The zero-order valence-electron chi connectivity index (χ0n) is 18.4. The Balaban J connectivity index is 1.65. The minimum Gasteiger partial charge on any atom is -0.317 e. The molecule has 31 heavy (non-hydrogen) atoms. The number of nitrogens with zero attached hydrogens (tertiary/aromatic N) is 2. The molecule has 1 spiro atoms. The van der Waals surface area contributed by atoms with Crippen LogP contribution in [0.25, 0.3) is 16.6 Å². The van der Waals surface area contributed by atoms with E-state index in [9.17, 15) is 4.79 Å². The summed E-state index contributed by atoms with van der Waals surface area (Å²) >= 11 is 0. The van der Waals surface area contributed by atoms with Crippen molar-refractivity contribution in [2.75, 3.05) is 13.1 Å². The van der Waals surface area contributed by atoms with Gasteiger partial charge in [0, 0.05) is 0 Å². The molecule has 3 heterocycles. The van der Waals surface area contributed by atoms with Crippen LogP contribution in [-0.2, 0) is 11.8 Å². The van der Waals surface area contributed by atoms with Gasteiger partial charge in [-0.25, -0.2) is 0 Å². The Labute approximate surface area is 183 Å². The first-order valence-electron chi connectivity index (χ1n) is 12.1. The molecule has 0 amide bonds. The molecular weight excluding hydrogens is 382 g/mol. The van der Waals surface area contributed by atoms with Gasteiger partial charge in [0.25, 0.3) is 5.56 Å². The van der Waals surface area contributed by atoms with Crippen LogP contribution in [0.3, 0.4) is 0 Å². The number of rotatable bonds is 2. The van der Waals surface area contributed by atoms with Gasteiger partial charge in [0.15, 0.2) is 0 Å². The lowest BCUT2D eigenvalue weighted by Gasteiger charge is -2.33. The first-order valence-corrected chi connectivity index (χ1v) is 12.1. The molecule has 1 saturated carbocycles. The van der Waals surface area contributed by atoms with E-state index in [4.69, 9.17) is 4.98 Å². The first-order chi connectivity index (χ1) is 15.2. The number of nitrogens with one attached hydrogen (secondary N) is 1. The number of fused-ring (bicyclic) bond motifs is 7. The molecule has 3 aliphatic rings. The van der Waals surface area contributed by atoms with Gasteiger partial charge in [-0.3, -0.25) is 9.36 Å². The van der Waals surface area contributed by atoms with Crippen molar-refractivity contribution in [3.63, 3.8) is 0 Å². The maximum absolute atomic E-state index is 13.3. The van der Waals surface area contributed by atoms with E-state index in [2.05, 4.69) is 53.2 Å². The average Bonchev–Trinajstić information content (AvgIpc) is 3.08. The van der Waals surface area contributed by atoms with Crippen molar-refractivity contribution in [3.8, 4) is 5.69 Å². The second-order valence-electron chi connectivity index (χ2n) is 9.68. The standard InChI is InChI=1S/C27H31N3O/c1-2-18-7-6-8-22-24(18)25(31)29-26-27(13-4-3-5-14-27)21-10-9-20(17-23(21)30(22)26)19-11-15-28-16-12-19/h6-10,17,19,28H,2-5,11-16H2,1H3. The molecule has 1 aromatic heterocycles. The summed E-state index contributed by atoms with van der Waals surface area (Å²) in [5.74, 6) is 1.61. The zero-order chi connectivity index (χ0) is 21.0. The lowest BCUT2D eigenvalue weighted by molar-refractivity contribution is 0.338. The summed E-state index contributed by atoms with van der Waals surface area (Å²) in [5, 5.41) is 4.30. The van der Waals surface area contributed by atoms with Crippen molar-refractivity contribution in [2.45, 2.75) is 69.6 Å². The van der Waals surface area contributed by atoms with E-state index in [1.54, 1.807) is 0 Å². The maximum Gasteiger partial charge on any atom is 0.281 e. The Morgan fingerprint density at radius 3 is 2.68 bits per heavy atom. The van der Waals surface area contributed by atoms with Crippen molar-refractivity contribution < 1.29 is 0 Å². The van der Waals surface area contributed by atoms with Gasteiger partial charge >= 0.3 is 0 Å². The summed E-state index contributed by atoms with van der Waals surface area (Å²) in [7, 11) is 0. The highest BCUT2D eigenvalue weighted by molar-refractivity contribution is 5.85. The van der Waals surface area contributed by atoms with Crippen LogP contribution >= 0.6 is 0 Å². The van der Waals surface area contributed by atoms with E-state index in [0.29, 0.717) is 5.92 Å². The fraction of sp³-hybridized carbons (Fsp3) is 0.481. The molecule has 0 bridgehead atoms. The smallest absolute Gasteiger partial charge is 0.281 e.